The van der Waals surface area contributed by atoms with Crippen molar-refractivity contribution in [2.45, 2.75) is 32.7 Å². The molecule has 1 amide bonds. The minimum Gasteiger partial charge on any atom is -0.370 e. The fourth-order valence-corrected chi connectivity index (χ4v) is 1.46. The molecule has 0 aliphatic heterocycles. The third-order valence-electron chi connectivity index (χ3n) is 2.52. The van der Waals surface area contributed by atoms with Crippen molar-refractivity contribution in [2.75, 3.05) is 6.54 Å². The molecule has 1 rings (SSSR count). The van der Waals surface area contributed by atoms with Crippen LogP contribution >= 0.6 is 0 Å². The zero-order valence-corrected chi connectivity index (χ0v) is 9.99. The van der Waals surface area contributed by atoms with Crippen LogP contribution in [0.5, 0.6) is 0 Å². The Morgan fingerprint density at radius 3 is 2.44 bits per heavy atom. The summed E-state index contributed by atoms with van der Waals surface area (Å²) >= 11 is 0. The Morgan fingerprint density at radius 1 is 1.31 bits per heavy atom. The SMILES string of the molecule is CC(C)c1ccc(CNCCC(N)=O)cc1. The maximum atomic E-state index is 10.5. The van der Waals surface area contributed by atoms with Gasteiger partial charge in [0, 0.05) is 19.5 Å². The highest BCUT2D eigenvalue weighted by Crippen LogP contribution is 2.14. The molecule has 0 heterocycles. The summed E-state index contributed by atoms with van der Waals surface area (Å²) in [5, 5.41) is 3.18. The van der Waals surface area contributed by atoms with Crippen molar-refractivity contribution in [3.05, 3.63) is 35.4 Å². The van der Waals surface area contributed by atoms with Crippen molar-refractivity contribution in [3.8, 4) is 0 Å². The molecule has 0 atom stereocenters. The largest absolute Gasteiger partial charge is 0.370 e. The molecule has 1 aromatic rings. The van der Waals surface area contributed by atoms with Gasteiger partial charge in [0.05, 0.1) is 0 Å². The van der Waals surface area contributed by atoms with E-state index in [4.69, 9.17) is 5.73 Å². The van der Waals surface area contributed by atoms with Crippen molar-refractivity contribution in [1.82, 2.24) is 5.32 Å². The van der Waals surface area contributed by atoms with Crippen molar-refractivity contribution in [3.63, 3.8) is 0 Å². The van der Waals surface area contributed by atoms with E-state index >= 15 is 0 Å². The number of nitrogens with two attached hydrogens (primary N) is 1. The van der Waals surface area contributed by atoms with Crippen LogP contribution in [0.1, 0.15) is 37.3 Å². The molecule has 0 saturated heterocycles. The van der Waals surface area contributed by atoms with E-state index in [2.05, 4.69) is 43.4 Å². The summed E-state index contributed by atoms with van der Waals surface area (Å²) in [7, 11) is 0. The number of hydrogen-bond donors (Lipinski definition) is 2. The number of nitrogens with one attached hydrogen (secondary N) is 1. The Bertz CT molecular complexity index is 330. The smallest absolute Gasteiger partial charge is 0.218 e. The molecule has 3 nitrogen and oxygen atoms in total. The van der Waals surface area contributed by atoms with Gasteiger partial charge in [-0.1, -0.05) is 38.1 Å². The molecular formula is C13H20N2O. The molecule has 0 bridgehead atoms. The number of benzene rings is 1. The van der Waals surface area contributed by atoms with Crippen LogP contribution in [0.2, 0.25) is 0 Å². The van der Waals surface area contributed by atoms with Crippen LogP contribution in [0.25, 0.3) is 0 Å². The van der Waals surface area contributed by atoms with E-state index in [0.29, 0.717) is 18.9 Å². The highest BCUT2D eigenvalue weighted by atomic mass is 16.1. The van der Waals surface area contributed by atoms with E-state index in [1.54, 1.807) is 0 Å². The summed E-state index contributed by atoms with van der Waals surface area (Å²) in [6.07, 6.45) is 0.393. The normalized spacial score (nSPS) is 10.7. The van der Waals surface area contributed by atoms with Crippen LogP contribution < -0.4 is 11.1 Å². The molecule has 3 heteroatoms. The number of carbonyl (C=O) groups excluding carboxylic acids is 1. The first-order valence-corrected chi connectivity index (χ1v) is 5.67. The van der Waals surface area contributed by atoms with Gasteiger partial charge >= 0.3 is 0 Å². The molecule has 0 aliphatic rings. The number of carbonyl (C=O) groups is 1. The summed E-state index contributed by atoms with van der Waals surface area (Å²) in [5.41, 5.74) is 7.62. The first-order chi connectivity index (χ1) is 7.59. The van der Waals surface area contributed by atoms with Crippen LogP contribution in [0.3, 0.4) is 0 Å². The molecule has 0 unspecified atom stereocenters. The minimum absolute atomic E-state index is 0.261. The number of primary amides is 1. The number of hydrogen-bond acceptors (Lipinski definition) is 2. The van der Waals surface area contributed by atoms with Gasteiger partial charge in [-0.3, -0.25) is 4.79 Å². The summed E-state index contributed by atoms with van der Waals surface area (Å²) in [4.78, 5) is 10.5. The van der Waals surface area contributed by atoms with Crippen molar-refractivity contribution in [2.24, 2.45) is 5.73 Å². The van der Waals surface area contributed by atoms with E-state index < -0.39 is 0 Å². The summed E-state index contributed by atoms with van der Waals surface area (Å²) < 4.78 is 0. The average molecular weight is 220 g/mol. The van der Waals surface area contributed by atoms with Gasteiger partial charge in [0.25, 0.3) is 0 Å². The van der Waals surface area contributed by atoms with E-state index in [0.717, 1.165) is 6.54 Å². The predicted molar refractivity (Wildman–Crippen MR) is 66.0 cm³/mol. The Balaban J connectivity index is 2.35. The minimum atomic E-state index is -0.261. The lowest BCUT2D eigenvalue weighted by Crippen LogP contribution is -2.21. The van der Waals surface area contributed by atoms with Crippen LogP contribution in [0.15, 0.2) is 24.3 Å². The van der Waals surface area contributed by atoms with Crippen molar-refractivity contribution >= 4 is 5.91 Å². The molecule has 0 aromatic heterocycles. The third-order valence-corrected chi connectivity index (χ3v) is 2.52. The Kier molecular flexibility index (Phi) is 4.99. The molecule has 0 aliphatic carbocycles. The molecule has 0 radical (unpaired) electrons. The summed E-state index contributed by atoms with van der Waals surface area (Å²) in [6, 6.07) is 8.53. The zero-order valence-electron chi connectivity index (χ0n) is 9.99. The van der Waals surface area contributed by atoms with Crippen molar-refractivity contribution in [1.29, 1.82) is 0 Å². The molecule has 0 saturated carbocycles. The topological polar surface area (TPSA) is 55.1 Å². The van der Waals surface area contributed by atoms with Crippen LogP contribution in [-0.2, 0) is 11.3 Å². The molecule has 88 valence electrons. The predicted octanol–water partition coefficient (Wildman–Crippen LogP) is 1.78. The van der Waals surface area contributed by atoms with Crippen LogP contribution in [0.4, 0.5) is 0 Å². The second-order valence-electron chi connectivity index (χ2n) is 4.29. The van der Waals surface area contributed by atoms with E-state index in [1.807, 2.05) is 0 Å². The monoisotopic (exact) mass is 220 g/mol. The van der Waals surface area contributed by atoms with Crippen LogP contribution in [0, 0.1) is 0 Å². The summed E-state index contributed by atoms with van der Waals surface area (Å²) in [6.45, 7) is 5.78. The van der Waals surface area contributed by atoms with Gasteiger partial charge in [-0.25, -0.2) is 0 Å². The fourth-order valence-electron chi connectivity index (χ4n) is 1.46. The highest BCUT2D eigenvalue weighted by Gasteiger charge is 1.99. The van der Waals surface area contributed by atoms with E-state index in [9.17, 15) is 4.79 Å². The lowest BCUT2D eigenvalue weighted by molar-refractivity contribution is -0.117. The van der Waals surface area contributed by atoms with Gasteiger partial charge in [0.1, 0.15) is 0 Å². The molecule has 0 fully saturated rings. The second kappa shape index (κ2) is 6.28. The average Bonchev–Trinajstić information content (AvgIpc) is 2.25. The number of rotatable bonds is 6. The lowest BCUT2D eigenvalue weighted by atomic mass is 10.0. The van der Waals surface area contributed by atoms with Gasteiger partial charge in [-0.2, -0.15) is 0 Å². The fraction of sp³-hybridized carbons (Fsp3) is 0.462. The third kappa shape index (κ3) is 4.45. The maximum absolute atomic E-state index is 10.5. The number of amides is 1. The van der Waals surface area contributed by atoms with Crippen LogP contribution in [-0.4, -0.2) is 12.5 Å². The van der Waals surface area contributed by atoms with E-state index in [-0.39, 0.29) is 5.91 Å². The Labute approximate surface area is 97.0 Å². The molecule has 1 aromatic carbocycles. The quantitative estimate of drug-likeness (QED) is 0.718. The first-order valence-electron chi connectivity index (χ1n) is 5.67. The van der Waals surface area contributed by atoms with Gasteiger partial charge in [-0.15, -0.1) is 0 Å². The maximum Gasteiger partial charge on any atom is 0.218 e. The standard InChI is InChI=1S/C13H20N2O/c1-10(2)12-5-3-11(4-6-12)9-15-8-7-13(14)16/h3-6,10,15H,7-9H2,1-2H3,(H2,14,16). The van der Waals surface area contributed by atoms with Gasteiger partial charge in [0.2, 0.25) is 5.91 Å². The van der Waals surface area contributed by atoms with Gasteiger partial charge < -0.3 is 11.1 Å². The molecule has 3 N–H and O–H groups in total. The zero-order chi connectivity index (χ0) is 12.0. The Hall–Kier alpha value is -1.35. The second-order valence-corrected chi connectivity index (χ2v) is 4.29. The molecular weight excluding hydrogens is 200 g/mol. The van der Waals surface area contributed by atoms with E-state index in [1.165, 1.54) is 11.1 Å². The van der Waals surface area contributed by atoms with Gasteiger partial charge in [0.15, 0.2) is 0 Å². The van der Waals surface area contributed by atoms with Crippen molar-refractivity contribution < 1.29 is 4.79 Å². The lowest BCUT2D eigenvalue weighted by Gasteiger charge is -2.07. The van der Waals surface area contributed by atoms with Gasteiger partial charge in [-0.05, 0) is 17.0 Å². The Morgan fingerprint density at radius 2 is 1.94 bits per heavy atom. The first kappa shape index (κ1) is 12.7. The summed E-state index contributed by atoms with van der Waals surface area (Å²) in [5.74, 6) is 0.305. The molecule has 0 spiro atoms. The highest BCUT2D eigenvalue weighted by molar-refractivity contribution is 5.73. The molecule has 16 heavy (non-hydrogen) atoms.